The van der Waals surface area contributed by atoms with Crippen molar-refractivity contribution in [2.24, 2.45) is 5.92 Å². The molecule has 0 aliphatic heterocycles. The van der Waals surface area contributed by atoms with Crippen LogP contribution in [0.2, 0.25) is 0 Å². The molecule has 5 heteroatoms. The molecule has 0 fully saturated rings. The molecule has 0 aliphatic rings. The van der Waals surface area contributed by atoms with E-state index in [0.29, 0.717) is 0 Å². The van der Waals surface area contributed by atoms with Gasteiger partial charge in [-0.3, -0.25) is 0 Å². The second-order valence-corrected chi connectivity index (χ2v) is 9.13. The minimum absolute atomic E-state index is 0.253. The highest BCUT2D eigenvalue weighted by Gasteiger charge is 2.37. The molecule has 0 spiro atoms. The number of likely N-dealkylation sites (N-methyl/N-ethyl adjacent to an activating group) is 1. The zero-order valence-electron chi connectivity index (χ0n) is 19.8. The van der Waals surface area contributed by atoms with Crippen molar-refractivity contribution in [1.29, 1.82) is 5.26 Å². The smallest absolute Gasteiger partial charge is 0.160 e. The van der Waals surface area contributed by atoms with Gasteiger partial charge in [0.1, 0.15) is 0 Å². The number of rotatable bonds is 12. The predicted octanol–water partition coefficient (Wildman–Crippen LogP) is 5.80. The number of thioether (sulfide) groups is 1. The fraction of sp³-hybridized carbons (Fsp3) is 0.500. The van der Waals surface area contributed by atoms with Crippen molar-refractivity contribution in [3.63, 3.8) is 0 Å². The fourth-order valence-corrected chi connectivity index (χ4v) is 4.77. The Labute approximate surface area is 192 Å². The van der Waals surface area contributed by atoms with Crippen molar-refractivity contribution in [2.75, 3.05) is 40.6 Å². The van der Waals surface area contributed by atoms with Crippen molar-refractivity contribution in [1.82, 2.24) is 4.90 Å². The highest BCUT2D eigenvalue weighted by atomic mass is 32.2. The Kier molecular flexibility index (Phi) is 9.74. The molecule has 0 heterocycles. The Bertz CT molecular complexity index is 878. The van der Waals surface area contributed by atoms with E-state index in [-0.39, 0.29) is 5.92 Å². The van der Waals surface area contributed by atoms with Crippen molar-refractivity contribution in [3.8, 4) is 17.6 Å². The second-order valence-electron chi connectivity index (χ2n) is 8.28. The number of methoxy groups -OCH3 is 2. The average Bonchev–Trinajstić information content (AvgIpc) is 2.80. The molecular weight excluding hydrogens is 404 g/mol. The van der Waals surface area contributed by atoms with Crippen LogP contribution in [0, 0.1) is 17.2 Å². The van der Waals surface area contributed by atoms with Gasteiger partial charge >= 0.3 is 0 Å². The van der Waals surface area contributed by atoms with Crippen LogP contribution in [0.25, 0.3) is 0 Å². The maximum atomic E-state index is 10.2. The summed E-state index contributed by atoms with van der Waals surface area (Å²) >= 11 is 1.73. The van der Waals surface area contributed by atoms with E-state index in [4.69, 9.17) is 9.47 Å². The maximum absolute atomic E-state index is 10.2. The van der Waals surface area contributed by atoms with Crippen LogP contribution in [-0.2, 0) is 11.8 Å². The SMILES string of the molecule is COc1ccc(CCN(C)CCCC(C#N)(c2ccccc2SC)C(C)C)cc1OC. The lowest BCUT2D eigenvalue weighted by atomic mass is 9.70. The molecule has 0 N–H and O–H groups in total. The predicted molar refractivity (Wildman–Crippen MR) is 130 cm³/mol. The van der Waals surface area contributed by atoms with Crippen molar-refractivity contribution in [3.05, 3.63) is 53.6 Å². The Hall–Kier alpha value is -2.16. The summed E-state index contributed by atoms with van der Waals surface area (Å²) in [5.41, 5.74) is 1.95. The van der Waals surface area contributed by atoms with Crippen LogP contribution in [0.15, 0.2) is 47.4 Å². The van der Waals surface area contributed by atoms with Gasteiger partial charge in [0, 0.05) is 11.4 Å². The maximum Gasteiger partial charge on any atom is 0.160 e. The third kappa shape index (κ3) is 6.18. The Morgan fingerprint density at radius 2 is 1.77 bits per heavy atom. The number of nitrogens with zero attached hydrogens (tertiary/aromatic N) is 2. The fourth-order valence-electron chi connectivity index (χ4n) is 4.09. The molecule has 1 unspecified atom stereocenters. The highest BCUT2D eigenvalue weighted by molar-refractivity contribution is 7.98. The van der Waals surface area contributed by atoms with E-state index in [1.165, 1.54) is 16.0 Å². The molecule has 168 valence electrons. The van der Waals surface area contributed by atoms with E-state index < -0.39 is 5.41 Å². The van der Waals surface area contributed by atoms with Gasteiger partial charge in [-0.2, -0.15) is 5.26 Å². The molecule has 2 rings (SSSR count). The van der Waals surface area contributed by atoms with Crippen molar-refractivity contribution < 1.29 is 9.47 Å². The minimum atomic E-state index is -0.455. The standard InChI is InChI=1S/C26H36N2O2S/c1-20(2)26(19-27,22-10-7-8-11-25(22)31-6)15-9-16-28(3)17-14-21-12-13-23(29-4)24(18-21)30-5/h7-8,10-13,18,20H,9,14-17H2,1-6H3. The molecule has 2 aromatic rings. The molecule has 31 heavy (non-hydrogen) atoms. The van der Waals surface area contributed by atoms with E-state index in [0.717, 1.165) is 43.9 Å². The number of hydrogen-bond acceptors (Lipinski definition) is 5. The lowest BCUT2D eigenvalue weighted by molar-refractivity contribution is 0.292. The van der Waals surface area contributed by atoms with E-state index in [9.17, 15) is 5.26 Å². The molecule has 0 aromatic heterocycles. The van der Waals surface area contributed by atoms with Crippen LogP contribution in [0.4, 0.5) is 0 Å². The molecule has 2 aromatic carbocycles. The quantitative estimate of drug-likeness (QED) is 0.390. The summed E-state index contributed by atoms with van der Waals surface area (Å²) in [6, 6.07) is 17.2. The van der Waals surface area contributed by atoms with Gasteiger partial charge in [0.15, 0.2) is 11.5 Å². The van der Waals surface area contributed by atoms with Gasteiger partial charge in [0.05, 0.1) is 25.7 Å². The Balaban J connectivity index is 1.99. The summed E-state index contributed by atoms with van der Waals surface area (Å²) in [7, 11) is 5.47. The summed E-state index contributed by atoms with van der Waals surface area (Å²) in [4.78, 5) is 3.55. The molecular formula is C26H36N2O2S. The van der Waals surface area contributed by atoms with Crippen LogP contribution in [0.5, 0.6) is 11.5 Å². The van der Waals surface area contributed by atoms with Gasteiger partial charge in [-0.15, -0.1) is 11.8 Å². The van der Waals surface area contributed by atoms with Crippen molar-refractivity contribution >= 4 is 11.8 Å². The largest absolute Gasteiger partial charge is 0.493 e. The van der Waals surface area contributed by atoms with Crippen molar-refractivity contribution in [2.45, 2.75) is 43.4 Å². The van der Waals surface area contributed by atoms with Gasteiger partial charge in [0.25, 0.3) is 0 Å². The summed E-state index contributed by atoms with van der Waals surface area (Å²) in [5.74, 6) is 1.78. The van der Waals surface area contributed by atoms with E-state index in [2.05, 4.69) is 68.5 Å². The van der Waals surface area contributed by atoms with Crippen LogP contribution >= 0.6 is 11.8 Å². The zero-order valence-corrected chi connectivity index (χ0v) is 20.6. The third-order valence-electron chi connectivity index (χ3n) is 6.11. The summed E-state index contributed by atoms with van der Waals surface area (Å²) in [5, 5.41) is 10.2. The molecule has 4 nitrogen and oxygen atoms in total. The van der Waals surface area contributed by atoms with Crippen LogP contribution < -0.4 is 9.47 Å². The average molecular weight is 441 g/mol. The minimum Gasteiger partial charge on any atom is -0.493 e. The number of hydrogen-bond donors (Lipinski definition) is 0. The summed E-state index contributed by atoms with van der Waals surface area (Å²) in [6.45, 7) is 6.26. The first kappa shape index (κ1) is 25.1. The van der Waals surface area contributed by atoms with E-state index in [1.54, 1.807) is 26.0 Å². The number of benzene rings is 2. The van der Waals surface area contributed by atoms with Gasteiger partial charge in [0.2, 0.25) is 0 Å². The Morgan fingerprint density at radius 1 is 1.06 bits per heavy atom. The lowest BCUT2D eigenvalue weighted by Gasteiger charge is -2.33. The first-order valence-corrected chi connectivity index (χ1v) is 12.1. The molecule has 0 amide bonds. The van der Waals surface area contributed by atoms with E-state index in [1.807, 2.05) is 12.1 Å². The summed E-state index contributed by atoms with van der Waals surface area (Å²) < 4.78 is 10.7. The van der Waals surface area contributed by atoms with Gasteiger partial charge < -0.3 is 14.4 Å². The Morgan fingerprint density at radius 3 is 2.39 bits per heavy atom. The second kappa shape index (κ2) is 12.0. The molecule has 0 radical (unpaired) electrons. The van der Waals surface area contributed by atoms with E-state index >= 15 is 0 Å². The lowest BCUT2D eigenvalue weighted by Crippen LogP contribution is -2.33. The number of nitriles is 1. The zero-order chi connectivity index (χ0) is 22.9. The third-order valence-corrected chi connectivity index (χ3v) is 6.91. The van der Waals surface area contributed by atoms with Crippen LogP contribution in [-0.4, -0.2) is 45.5 Å². The van der Waals surface area contributed by atoms with Gasteiger partial charge in [-0.1, -0.05) is 38.1 Å². The monoisotopic (exact) mass is 440 g/mol. The van der Waals surface area contributed by atoms with Crippen LogP contribution in [0.1, 0.15) is 37.8 Å². The van der Waals surface area contributed by atoms with Gasteiger partial charge in [-0.05, 0) is 74.4 Å². The first-order chi connectivity index (χ1) is 14.9. The molecule has 0 saturated heterocycles. The highest BCUT2D eigenvalue weighted by Crippen LogP contribution is 2.40. The van der Waals surface area contributed by atoms with Gasteiger partial charge in [-0.25, -0.2) is 0 Å². The topological polar surface area (TPSA) is 45.5 Å². The summed E-state index contributed by atoms with van der Waals surface area (Å²) in [6.07, 6.45) is 4.87. The first-order valence-electron chi connectivity index (χ1n) is 10.9. The number of ether oxygens (including phenoxy) is 2. The molecule has 0 bridgehead atoms. The normalized spacial score (nSPS) is 13.1. The molecule has 0 saturated carbocycles. The molecule has 1 atom stereocenters. The molecule has 0 aliphatic carbocycles. The van der Waals surface area contributed by atoms with Crippen LogP contribution in [0.3, 0.4) is 0 Å².